The van der Waals surface area contributed by atoms with Crippen molar-refractivity contribution in [2.75, 3.05) is 39.0 Å². The zero-order chi connectivity index (χ0) is 18.5. The number of carbonyl (C=O) groups is 1. The highest BCUT2D eigenvalue weighted by atomic mass is 35.5. The van der Waals surface area contributed by atoms with E-state index in [1.54, 1.807) is 12.1 Å². The van der Waals surface area contributed by atoms with Crippen molar-refractivity contribution in [1.29, 1.82) is 0 Å². The van der Waals surface area contributed by atoms with Crippen LogP contribution in [0, 0.1) is 0 Å². The monoisotopic (exact) mass is 375 g/mol. The highest BCUT2D eigenvalue weighted by Gasteiger charge is 2.27. The molecule has 1 aromatic carbocycles. The number of piperidine rings is 1. The lowest BCUT2D eigenvalue weighted by Crippen LogP contribution is -2.42. The van der Waals surface area contributed by atoms with Crippen LogP contribution in [0.15, 0.2) is 36.7 Å². The molecule has 0 radical (unpaired) electrons. The Bertz CT molecular complexity index is 745. The topological polar surface area (TPSA) is 53.4 Å². The van der Waals surface area contributed by atoms with Crippen LogP contribution in [0.3, 0.4) is 0 Å². The highest BCUT2D eigenvalue weighted by Crippen LogP contribution is 2.26. The number of nitrogens with one attached hydrogen (secondary N) is 1. The average molecular weight is 376 g/mol. The number of halogens is 1. The van der Waals surface area contributed by atoms with E-state index in [4.69, 9.17) is 11.6 Å². The molecule has 7 heteroatoms. The Labute approximate surface area is 159 Å². The minimum Gasteiger partial charge on any atom is -0.333 e. The van der Waals surface area contributed by atoms with E-state index >= 15 is 0 Å². The van der Waals surface area contributed by atoms with Crippen molar-refractivity contribution in [3.8, 4) is 0 Å². The minimum absolute atomic E-state index is 0.0802. The smallest absolute Gasteiger partial charge is 0.321 e. The first-order valence-electron chi connectivity index (χ1n) is 9.00. The molecule has 140 valence electrons. The van der Waals surface area contributed by atoms with Crippen LogP contribution in [-0.2, 0) is 6.54 Å². The van der Waals surface area contributed by atoms with Crippen molar-refractivity contribution in [2.45, 2.75) is 25.3 Å². The van der Waals surface area contributed by atoms with E-state index < -0.39 is 0 Å². The van der Waals surface area contributed by atoms with Gasteiger partial charge in [0.15, 0.2) is 0 Å². The van der Waals surface area contributed by atoms with Crippen LogP contribution >= 0.6 is 11.6 Å². The number of urea groups is 1. The number of hydrogen-bond donors (Lipinski definition) is 1. The zero-order valence-electron chi connectivity index (χ0n) is 15.4. The summed E-state index contributed by atoms with van der Waals surface area (Å²) in [5.74, 6) is 1.35. The molecule has 6 nitrogen and oxygen atoms in total. The molecule has 1 atom stereocenters. The summed E-state index contributed by atoms with van der Waals surface area (Å²) in [5, 5.41) is 3.55. The van der Waals surface area contributed by atoms with E-state index in [9.17, 15) is 4.79 Å². The maximum absolute atomic E-state index is 12.6. The summed E-state index contributed by atoms with van der Waals surface area (Å²) in [6, 6.07) is 7.15. The van der Waals surface area contributed by atoms with Gasteiger partial charge in [0.2, 0.25) is 0 Å². The Morgan fingerprint density at radius 2 is 2.27 bits per heavy atom. The third kappa shape index (κ3) is 4.77. The molecule has 2 aromatic rings. The van der Waals surface area contributed by atoms with Gasteiger partial charge in [-0.1, -0.05) is 17.7 Å². The van der Waals surface area contributed by atoms with Gasteiger partial charge in [-0.2, -0.15) is 0 Å². The number of nitrogens with zero attached hydrogens (tertiary/aromatic N) is 4. The average Bonchev–Trinajstić information content (AvgIpc) is 3.08. The molecular weight excluding hydrogens is 350 g/mol. The van der Waals surface area contributed by atoms with E-state index in [1.165, 1.54) is 0 Å². The van der Waals surface area contributed by atoms with E-state index in [0.717, 1.165) is 44.0 Å². The minimum atomic E-state index is -0.0802. The standard InChI is InChI=1S/C19H26ClN5O/c1-23(2)11-12-24-10-8-21-18(24)15-5-4-9-25(14-15)19(26)22-17-7-3-6-16(20)13-17/h3,6-8,10,13,15H,4-5,9,11-12,14H2,1-2H3,(H,22,26)/t15-/m1/s1. The third-order valence-electron chi connectivity index (χ3n) is 4.69. The molecule has 1 saturated heterocycles. The van der Waals surface area contributed by atoms with E-state index in [2.05, 4.69) is 33.9 Å². The molecule has 1 N–H and O–H groups in total. The number of rotatable bonds is 5. The summed E-state index contributed by atoms with van der Waals surface area (Å²) in [6.45, 7) is 3.33. The number of aromatic nitrogens is 2. The van der Waals surface area contributed by atoms with E-state index in [-0.39, 0.29) is 11.9 Å². The van der Waals surface area contributed by atoms with Gasteiger partial charge in [-0.3, -0.25) is 0 Å². The first-order valence-corrected chi connectivity index (χ1v) is 9.38. The van der Waals surface area contributed by atoms with Crippen molar-refractivity contribution >= 4 is 23.3 Å². The molecule has 0 bridgehead atoms. The molecule has 26 heavy (non-hydrogen) atoms. The highest BCUT2D eigenvalue weighted by molar-refractivity contribution is 6.30. The van der Waals surface area contributed by atoms with Gasteiger partial charge in [0.25, 0.3) is 0 Å². The number of imidazole rings is 1. The second-order valence-corrected chi connectivity index (χ2v) is 7.44. The predicted molar refractivity (Wildman–Crippen MR) is 105 cm³/mol. The number of anilines is 1. The first-order chi connectivity index (χ1) is 12.5. The van der Waals surface area contributed by atoms with Crippen LogP contribution < -0.4 is 5.32 Å². The lowest BCUT2D eigenvalue weighted by Gasteiger charge is -2.32. The van der Waals surface area contributed by atoms with Gasteiger partial charge in [0.05, 0.1) is 0 Å². The molecule has 1 fully saturated rings. The van der Waals surface area contributed by atoms with Gasteiger partial charge in [0, 0.05) is 55.2 Å². The van der Waals surface area contributed by atoms with Gasteiger partial charge < -0.3 is 19.7 Å². The fourth-order valence-corrected chi connectivity index (χ4v) is 3.51. The molecule has 2 heterocycles. The summed E-state index contributed by atoms with van der Waals surface area (Å²) >= 11 is 5.99. The lowest BCUT2D eigenvalue weighted by atomic mass is 9.97. The number of likely N-dealkylation sites (N-methyl/N-ethyl adjacent to an activating group) is 1. The lowest BCUT2D eigenvalue weighted by molar-refractivity contribution is 0.190. The summed E-state index contributed by atoms with van der Waals surface area (Å²) in [7, 11) is 4.14. The van der Waals surface area contributed by atoms with Gasteiger partial charge in [-0.15, -0.1) is 0 Å². The van der Waals surface area contributed by atoms with Crippen LogP contribution in [0.25, 0.3) is 0 Å². The quantitative estimate of drug-likeness (QED) is 0.870. The molecule has 1 aromatic heterocycles. The SMILES string of the molecule is CN(C)CCn1ccnc1[C@@H]1CCCN(C(=O)Nc2cccc(Cl)c2)C1. The van der Waals surface area contributed by atoms with Crippen LogP contribution in [0.4, 0.5) is 10.5 Å². The van der Waals surface area contributed by atoms with Gasteiger partial charge >= 0.3 is 6.03 Å². The van der Waals surface area contributed by atoms with Crippen LogP contribution in [0.5, 0.6) is 0 Å². The van der Waals surface area contributed by atoms with Crippen molar-refractivity contribution in [1.82, 2.24) is 19.4 Å². The van der Waals surface area contributed by atoms with E-state index in [1.807, 2.05) is 29.4 Å². The Morgan fingerprint density at radius 1 is 1.42 bits per heavy atom. The summed E-state index contributed by atoms with van der Waals surface area (Å²) in [5.41, 5.74) is 0.720. The Kier molecular flexibility index (Phi) is 6.16. The molecular formula is C19H26ClN5O. The number of hydrogen-bond acceptors (Lipinski definition) is 3. The van der Waals surface area contributed by atoms with Crippen LogP contribution in [0.2, 0.25) is 5.02 Å². The first kappa shape index (κ1) is 18.7. The molecule has 3 rings (SSSR count). The number of benzene rings is 1. The fraction of sp³-hybridized carbons (Fsp3) is 0.474. The molecule has 2 amide bonds. The van der Waals surface area contributed by atoms with Crippen molar-refractivity contribution in [2.24, 2.45) is 0 Å². The van der Waals surface area contributed by atoms with Crippen LogP contribution in [0.1, 0.15) is 24.6 Å². The second kappa shape index (κ2) is 8.56. The van der Waals surface area contributed by atoms with Crippen LogP contribution in [-0.4, -0.2) is 59.1 Å². The van der Waals surface area contributed by atoms with Gasteiger partial charge in [0.1, 0.15) is 5.82 Å². The van der Waals surface area contributed by atoms with Gasteiger partial charge in [-0.25, -0.2) is 9.78 Å². The maximum Gasteiger partial charge on any atom is 0.321 e. The van der Waals surface area contributed by atoms with Crippen molar-refractivity contribution in [3.05, 3.63) is 47.5 Å². The zero-order valence-corrected chi connectivity index (χ0v) is 16.1. The Morgan fingerprint density at radius 3 is 3.04 bits per heavy atom. The molecule has 1 aliphatic rings. The molecule has 0 saturated carbocycles. The number of carbonyl (C=O) groups excluding carboxylic acids is 1. The van der Waals surface area contributed by atoms with Crippen molar-refractivity contribution < 1.29 is 4.79 Å². The summed E-state index contributed by atoms with van der Waals surface area (Å²) in [6.07, 6.45) is 5.92. The van der Waals surface area contributed by atoms with E-state index in [0.29, 0.717) is 11.6 Å². The fourth-order valence-electron chi connectivity index (χ4n) is 3.32. The number of amides is 2. The Balaban J connectivity index is 1.64. The number of likely N-dealkylation sites (tertiary alicyclic amines) is 1. The largest absolute Gasteiger partial charge is 0.333 e. The molecule has 0 spiro atoms. The van der Waals surface area contributed by atoms with Crippen molar-refractivity contribution in [3.63, 3.8) is 0 Å². The maximum atomic E-state index is 12.6. The molecule has 0 aliphatic carbocycles. The predicted octanol–water partition coefficient (Wildman–Crippen LogP) is 3.51. The second-order valence-electron chi connectivity index (χ2n) is 7.01. The Hall–Kier alpha value is -2.05. The summed E-state index contributed by atoms with van der Waals surface area (Å²) in [4.78, 5) is 21.2. The molecule has 1 aliphatic heterocycles. The molecule has 0 unspecified atom stereocenters. The third-order valence-corrected chi connectivity index (χ3v) is 4.92. The summed E-state index contributed by atoms with van der Waals surface area (Å²) < 4.78 is 2.21. The normalized spacial score (nSPS) is 17.5. The van der Waals surface area contributed by atoms with Gasteiger partial charge in [-0.05, 0) is 45.1 Å².